The first-order valence-electron chi connectivity index (χ1n) is 7.17. The van der Waals surface area contributed by atoms with Gasteiger partial charge in [0.1, 0.15) is 0 Å². The minimum Gasteiger partial charge on any atom is -0.385 e. The molecule has 0 spiro atoms. The van der Waals surface area contributed by atoms with Crippen molar-refractivity contribution < 1.29 is 0 Å². The molecule has 0 aromatic heterocycles. The molecule has 0 aliphatic rings. The maximum Gasteiger partial charge on any atom is 0.0465 e. The SMILES string of the molecule is C=C(C)NCc1ccc(CNCc2c(Cl)cccc2Cl)cc1. The maximum atomic E-state index is 6.15. The molecule has 22 heavy (non-hydrogen) atoms. The largest absolute Gasteiger partial charge is 0.385 e. The second kappa shape index (κ2) is 8.23. The van der Waals surface area contributed by atoms with Crippen LogP contribution >= 0.6 is 23.2 Å². The van der Waals surface area contributed by atoms with Gasteiger partial charge in [0.15, 0.2) is 0 Å². The highest BCUT2D eigenvalue weighted by Gasteiger charge is 2.04. The standard InChI is InChI=1S/C18H20Cl2N2/c1-13(2)22-11-15-8-6-14(7-9-15)10-21-12-16-17(19)4-3-5-18(16)20/h3-9,21-22H,1,10-12H2,2H3. The highest BCUT2D eigenvalue weighted by atomic mass is 35.5. The highest BCUT2D eigenvalue weighted by Crippen LogP contribution is 2.23. The lowest BCUT2D eigenvalue weighted by atomic mass is 10.1. The van der Waals surface area contributed by atoms with E-state index in [1.807, 2.05) is 25.1 Å². The molecule has 0 radical (unpaired) electrons. The van der Waals surface area contributed by atoms with E-state index in [1.165, 1.54) is 11.1 Å². The summed E-state index contributed by atoms with van der Waals surface area (Å²) in [6.07, 6.45) is 0. The third-order valence-electron chi connectivity index (χ3n) is 3.31. The number of allylic oxidation sites excluding steroid dienone is 1. The zero-order valence-electron chi connectivity index (χ0n) is 12.6. The fourth-order valence-electron chi connectivity index (χ4n) is 2.06. The van der Waals surface area contributed by atoms with Crippen molar-refractivity contribution in [2.75, 3.05) is 0 Å². The minimum atomic E-state index is 0.650. The van der Waals surface area contributed by atoms with Crippen molar-refractivity contribution in [3.8, 4) is 0 Å². The molecule has 0 saturated heterocycles. The van der Waals surface area contributed by atoms with Gasteiger partial charge in [-0.25, -0.2) is 0 Å². The molecular formula is C18H20Cl2N2. The molecule has 2 rings (SSSR count). The van der Waals surface area contributed by atoms with Crippen molar-refractivity contribution in [2.24, 2.45) is 0 Å². The van der Waals surface area contributed by atoms with Crippen LogP contribution < -0.4 is 10.6 Å². The van der Waals surface area contributed by atoms with Gasteiger partial charge in [0.05, 0.1) is 0 Å². The summed E-state index contributed by atoms with van der Waals surface area (Å²) in [5.74, 6) is 0. The molecule has 0 fully saturated rings. The van der Waals surface area contributed by atoms with Gasteiger partial charge >= 0.3 is 0 Å². The lowest BCUT2D eigenvalue weighted by Gasteiger charge is -2.10. The van der Waals surface area contributed by atoms with Crippen molar-refractivity contribution in [3.05, 3.63) is 81.5 Å². The fraction of sp³-hybridized carbons (Fsp3) is 0.222. The van der Waals surface area contributed by atoms with E-state index in [4.69, 9.17) is 23.2 Å². The molecule has 0 saturated carbocycles. The van der Waals surface area contributed by atoms with E-state index in [9.17, 15) is 0 Å². The van der Waals surface area contributed by atoms with E-state index < -0.39 is 0 Å². The minimum absolute atomic E-state index is 0.650. The van der Waals surface area contributed by atoms with Crippen LogP contribution in [0.2, 0.25) is 10.0 Å². The first-order valence-corrected chi connectivity index (χ1v) is 7.92. The Morgan fingerprint density at radius 1 is 0.909 bits per heavy atom. The summed E-state index contributed by atoms with van der Waals surface area (Å²) in [5.41, 5.74) is 4.37. The van der Waals surface area contributed by atoms with Gasteiger partial charge in [-0.15, -0.1) is 0 Å². The van der Waals surface area contributed by atoms with Gasteiger partial charge < -0.3 is 10.6 Å². The predicted octanol–water partition coefficient (Wildman–Crippen LogP) is 4.91. The predicted molar refractivity (Wildman–Crippen MR) is 95.1 cm³/mol. The number of nitrogens with one attached hydrogen (secondary N) is 2. The first-order chi connectivity index (χ1) is 10.6. The number of hydrogen-bond acceptors (Lipinski definition) is 2. The Hall–Kier alpha value is -1.48. The average Bonchev–Trinajstić information content (AvgIpc) is 2.49. The molecule has 0 atom stereocenters. The van der Waals surface area contributed by atoms with Crippen LogP contribution in [0.15, 0.2) is 54.7 Å². The van der Waals surface area contributed by atoms with E-state index in [0.29, 0.717) is 16.6 Å². The van der Waals surface area contributed by atoms with Gasteiger partial charge in [0, 0.05) is 40.9 Å². The van der Waals surface area contributed by atoms with Crippen molar-refractivity contribution in [2.45, 2.75) is 26.6 Å². The smallest absolute Gasteiger partial charge is 0.0465 e. The Balaban J connectivity index is 1.85. The van der Waals surface area contributed by atoms with Crippen molar-refractivity contribution in [1.82, 2.24) is 10.6 Å². The fourth-order valence-corrected chi connectivity index (χ4v) is 2.59. The van der Waals surface area contributed by atoms with Crippen LogP contribution in [0.3, 0.4) is 0 Å². The molecule has 0 amide bonds. The van der Waals surface area contributed by atoms with E-state index in [0.717, 1.165) is 24.4 Å². The third-order valence-corrected chi connectivity index (χ3v) is 4.02. The molecule has 0 heterocycles. The van der Waals surface area contributed by atoms with Crippen LogP contribution in [0.4, 0.5) is 0 Å². The van der Waals surface area contributed by atoms with Gasteiger partial charge in [-0.3, -0.25) is 0 Å². The Morgan fingerprint density at radius 3 is 2.00 bits per heavy atom. The molecule has 0 unspecified atom stereocenters. The first kappa shape index (κ1) is 16.9. The van der Waals surface area contributed by atoms with E-state index in [-0.39, 0.29) is 0 Å². The Morgan fingerprint density at radius 2 is 1.45 bits per heavy atom. The molecule has 2 nitrogen and oxygen atoms in total. The van der Waals surface area contributed by atoms with Crippen LogP contribution in [0.1, 0.15) is 23.6 Å². The van der Waals surface area contributed by atoms with Crippen molar-refractivity contribution in [3.63, 3.8) is 0 Å². The van der Waals surface area contributed by atoms with E-state index in [1.54, 1.807) is 0 Å². The average molecular weight is 335 g/mol. The Bertz CT molecular complexity index is 616. The summed E-state index contributed by atoms with van der Waals surface area (Å²) < 4.78 is 0. The summed E-state index contributed by atoms with van der Waals surface area (Å²) in [5, 5.41) is 7.98. The van der Waals surface area contributed by atoms with Gasteiger partial charge in [-0.05, 0) is 30.2 Å². The lowest BCUT2D eigenvalue weighted by Crippen LogP contribution is -2.13. The van der Waals surface area contributed by atoms with Crippen LogP contribution in [0.5, 0.6) is 0 Å². The number of rotatable bonds is 7. The van der Waals surface area contributed by atoms with Crippen LogP contribution in [0, 0.1) is 0 Å². The summed E-state index contributed by atoms with van der Waals surface area (Å²) in [4.78, 5) is 0. The summed E-state index contributed by atoms with van der Waals surface area (Å²) >= 11 is 12.3. The summed E-state index contributed by atoms with van der Waals surface area (Å²) in [6.45, 7) is 8.01. The zero-order chi connectivity index (χ0) is 15.9. The number of halogens is 2. The van der Waals surface area contributed by atoms with E-state index >= 15 is 0 Å². The molecule has 2 N–H and O–H groups in total. The van der Waals surface area contributed by atoms with Crippen molar-refractivity contribution >= 4 is 23.2 Å². The van der Waals surface area contributed by atoms with Gasteiger partial charge in [0.25, 0.3) is 0 Å². The maximum absolute atomic E-state index is 6.15. The molecular weight excluding hydrogens is 315 g/mol. The molecule has 2 aromatic carbocycles. The normalized spacial score (nSPS) is 10.5. The van der Waals surface area contributed by atoms with Crippen LogP contribution in [-0.2, 0) is 19.6 Å². The van der Waals surface area contributed by atoms with Crippen molar-refractivity contribution in [1.29, 1.82) is 0 Å². The third kappa shape index (κ3) is 5.06. The second-order valence-corrected chi connectivity index (χ2v) is 6.07. The zero-order valence-corrected chi connectivity index (χ0v) is 14.1. The summed E-state index contributed by atoms with van der Waals surface area (Å²) in [7, 11) is 0. The highest BCUT2D eigenvalue weighted by molar-refractivity contribution is 6.35. The number of benzene rings is 2. The Kier molecular flexibility index (Phi) is 6.32. The van der Waals surface area contributed by atoms with E-state index in [2.05, 4.69) is 41.5 Å². The monoisotopic (exact) mass is 334 g/mol. The molecule has 0 aliphatic carbocycles. The van der Waals surface area contributed by atoms with Gasteiger partial charge in [-0.1, -0.05) is 60.1 Å². The molecule has 4 heteroatoms. The van der Waals surface area contributed by atoms with Crippen LogP contribution in [0.25, 0.3) is 0 Å². The lowest BCUT2D eigenvalue weighted by molar-refractivity contribution is 0.693. The molecule has 0 aliphatic heterocycles. The molecule has 2 aromatic rings. The molecule has 116 valence electrons. The second-order valence-electron chi connectivity index (χ2n) is 5.25. The van der Waals surface area contributed by atoms with Crippen LogP contribution in [-0.4, -0.2) is 0 Å². The molecule has 0 bridgehead atoms. The topological polar surface area (TPSA) is 24.1 Å². The Labute approximate surface area is 142 Å². The van der Waals surface area contributed by atoms with Gasteiger partial charge in [-0.2, -0.15) is 0 Å². The summed E-state index contributed by atoms with van der Waals surface area (Å²) in [6, 6.07) is 14.0. The van der Waals surface area contributed by atoms with Gasteiger partial charge in [0.2, 0.25) is 0 Å². The number of hydrogen-bond donors (Lipinski definition) is 2. The quantitative estimate of drug-likeness (QED) is 0.751.